The van der Waals surface area contributed by atoms with E-state index in [1.54, 1.807) is 19.2 Å². The summed E-state index contributed by atoms with van der Waals surface area (Å²) in [5, 5.41) is 6.03. The highest BCUT2D eigenvalue weighted by Crippen LogP contribution is 2.06. The number of carbonyl (C=O) groups excluding carboxylic acids is 1. The van der Waals surface area contributed by atoms with Crippen LogP contribution in [0.1, 0.15) is 23.4 Å². The summed E-state index contributed by atoms with van der Waals surface area (Å²) in [5.41, 5.74) is 0. The minimum Gasteiger partial charge on any atom is -0.459 e. The number of hydrogen-bond acceptors (Lipinski definition) is 3. The number of nitrogens with zero attached hydrogens (tertiary/aromatic N) is 2. The molecule has 0 atom stereocenters. The van der Waals surface area contributed by atoms with Crippen molar-refractivity contribution in [2.75, 3.05) is 33.2 Å². The van der Waals surface area contributed by atoms with Crippen molar-refractivity contribution >= 4 is 11.9 Å². The molecule has 0 aromatic carbocycles. The first-order chi connectivity index (χ1) is 9.31. The molecule has 104 valence electrons. The van der Waals surface area contributed by atoms with Crippen molar-refractivity contribution in [3.63, 3.8) is 0 Å². The van der Waals surface area contributed by atoms with Crippen LogP contribution in [0.15, 0.2) is 27.8 Å². The first kappa shape index (κ1) is 13.5. The van der Waals surface area contributed by atoms with Crippen LogP contribution in [0.2, 0.25) is 0 Å². The summed E-state index contributed by atoms with van der Waals surface area (Å²) in [6.07, 6.45) is 3.92. The van der Waals surface area contributed by atoms with Gasteiger partial charge in [-0.15, -0.1) is 0 Å². The predicted octanol–water partition coefficient (Wildman–Crippen LogP) is 0.681. The molecule has 2 N–H and O–H groups in total. The van der Waals surface area contributed by atoms with E-state index in [-0.39, 0.29) is 5.91 Å². The Morgan fingerprint density at radius 2 is 2.11 bits per heavy atom. The van der Waals surface area contributed by atoms with Crippen molar-refractivity contribution in [2.45, 2.75) is 12.8 Å². The average Bonchev–Trinajstić information content (AvgIpc) is 3.11. The molecule has 1 aliphatic heterocycles. The van der Waals surface area contributed by atoms with Gasteiger partial charge in [0.05, 0.1) is 6.26 Å². The van der Waals surface area contributed by atoms with Gasteiger partial charge in [-0.1, -0.05) is 0 Å². The van der Waals surface area contributed by atoms with Gasteiger partial charge in [0, 0.05) is 33.2 Å². The van der Waals surface area contributed by atoms with Crippen LogP contribution in [0.5, 0.6) is 0 Å². The molecule has 1 amide bonds. The number of guanidine groups is 1. The molecule has 6 heteroatoms. The highest BCUT2D eigenvalue weighted by Gasteiger charge is 2.15. The van der Waals surface area contributed by atoms with Crippen LogP contribution < -0.4 is 10.6 Å². The van der Waals surface area contributed by atoms with Crippen molar-refractivity contribution in [3.8, 4) is 0 Å². The van der Waals surface area contributed by atoms with Gasteiger partial charge in [0.15, 0.2) is 11.7 Å². The summed E-state index contributed by atoms with van der Waals surface area (Å²) in [5.74, 6) is 1.05. The molecule has 1 aromatic heterocycles. The third kappa shape index (κ3) is 3.74. The fourth-order valence-electron chi connectivity index (χ4n) is 2.11. The standard InChI is InChI=1S/C13H20N4O2/c1-14-13(17-8-2-3-9-17)16-7-6-15-12(18)11-5-4-10-19-11/h4-5,10H,2-3,6-9H2,1H3,(H,14,16)(H,15,18). The van der Waals surface area contributed by atoms with Crippen LogP contribution in [0.4, 0.5) is 0 Å². The summed E-state index contributed by atoms with van der Waals surface area (Å²) >= 11 is 0. The lowest BCUT2D eigenvalue weighted by Crippen LogP contribution is -2.42. The van der Waals surface area contributed by atoms with E-state index < -0.39 is 0 Å². The van der Waals surface area contributed by atoms with E-state index in [1.807, 2.05) is 0 Å². The highest BCUT2D eigenvalue weighted by molar-refractivity contribution is 5.91. The number of likely N-dealkylation sites (tertiary alicyclic amines) is 1. The molecule has 1 aliphatic rings. The van der Waals surface area contributed by atoms with Gasteiger partial charge in [-0.05, 0) is 25.0 Å². The van der Waals surface area contributed by atoms with Crippen LogP contribution in [0, 0.1) is 0 Å². The summed E-state index contributed by atoms with van der Waals surface area (Å²) < 4.78 is 5.01. The first-order valence-electron chi connectivity index (χ1n) is 6.58. The van der Waals surface area contributed by atoms with Crippen LogP contribution in [0.25, 0.3) is 0 Å². The van der Waals surface area contributed by atoms with E-state index in [0.717, 1.165) is 19.0 Å². The second-order valence-corrected chi connectivity index (χ2v) is 4.40. The molecule has 0 bridgehead atoms. The first-order valence-corrected chi connectivity index (χ1v) is 6.58. The van der Waals surface area contributed by atoms with Crippen molar-refractivity contribution in [3.05, 3.63) is 24.2 Å². The number of amides is 1. The Morgan fingerprint density at radius 1 is 1.37 bits per heavy atom. The normalized spacial score (nSPS) is 15.6. The topological polar surface area (TPSA) is 69.9 Å². The minimum atomic E-state index is -0.192. The average molecular weight is 264 g/mol. The Balaban J connectivity index is 1.67. The molecule has 1 aromatic rings. The minimum absolute atomic E-state index is 0.192. The van der Waals surface area contributed by atoms with Crippen molar-refractivity contribution in [1.29, 1.82) is 0 Å². The number of rotatable bonds is 4. The fraction of sp³-hybridized carbons (Fsp3) is 0.538. The van der Waals surface area contributed by atoms with Crippen LogP contribution >= 0.6 is 0 Å². The van der Waals surface area contributed by atoms with Crippen LogP contribution in [-0.4, -0.2) is 50.0 Å². The Labute approximate surface area is 112 Å². The number of carbonyl (C=O) groups is 1. The molecule has 0 aliphatic carbocycles. The van der Waals surface area contributed by atoms with E-state index in [4.69, 9.17) is 4.42 Å². The maximum absolute atomic E-state index is 11.6. The smallest absolute Gasteiger partial charge is 0.287 e. The molecular formula is C13H20N4O2. The van der Waals surface area contributed by atoms with E-state index in [2.05, 4.69) is 20.5 Å². The lowest BCUT2D eigenvalue weighted by molar-refractivity contribution is 0.0926. The second kappa shape index (κ2) is 6.82. The van der Waals surface area contributed by atoms with Crippen molar-refractivity contribution in [1.82, 2.24) is 15.5 Å². The number of nitrogens with one attached hydrogen (secondary N) is 2. The molecule has 19 heavy (non-hydrogen) atoms. The monoisotopic (exact) mass is 264 g/mol. The summed E-state index contributed by atoms with van der Waals surface area (Å²) in [7, 11) is 1.78. The van der Waals surface area contributed by atoms with Crippen molar-refractivity contribution < 1.29 is 9.21 Å². The lowest BCUT2D eigenvalue weighted by Gasteiger charge is -2.20. The number of hydrogen-bond donors (Lipinski definition) is 2. The van der Waals surface area contributed by atoms with Crippen molar-refractivity contribution in [2.24, 2.45) is 4.99 Å². The molecule has 0 unspecified atom stereocenters. The molecule has 0 radical (unpaired) electrons. The summed E-state index contributed by atoms with van der Waals surface area (Å²) in [4.78, 5) is 18.1. The quantitative estimate of drug-likeness (QED) is 0.477. The van der Waals surface area contributed by atoms with E-state index >= 15 is 0 Å². The summed E-state index contributed by atoms with van der Waals surface area (Å²) in [6, 6.07) is 3.34. The van der Waals surface area contributed by atoms with E-state index in [0.29, 0.717) is 18.8 Å². The molecule has 2 rings (SSSR count). The van der Waals surface area contributed by atoms with Gasteiger partial charge >= 0.3 is 0 Å². The molecular weight excluding hydrogens is 244 g/mol. The number of aliphatic imine (C=N–C) groups is 1. The largest absolute Gasteiger partial charge is 0.459 e. The fourth-order valence-corrected chi connectivity index (χ4v) is 2.11. The maximum atomic E-state index is 11.6. The highest BCUT2D eigenvalue weighted by atomic mass is 16.3. The van der Waals surface area contributed by atoms with Crippen LogP contribution in [0.3, 0.4) is 0 Å². The Hall–Kier alpha value is -1.98. The molecule has 0 spiro atoms. The van der Waals surface area contributed by atoms with Gasteiger partial charge in [0.2, 0.25) is 0 Å². The maximum Gasteiger partial charge on any atom is 0.287 e. The third-order valence-corrected chi connectivity index (χ3v) is 3.06. The molecule has 6 nitrogen and oxygen atoms in total. The Morgan fingerprint density at radius 3 is 2.74 bits per heavy atom. The Bertz CT molecular complexity index is 422. The number of furan rings is 1. The zero-order valence-corrected chi connectivity index (χ0v) is 11.2. The van der Waals surface area contributed by atoms with Gasteiger partial charge in [-0.3, -0.25) is 9.79 Å². The zero-order chi connectivity index (χ0) is 13.5. The second-order valence-electron chi connectivity index (χ2n) is 4.40. The van der Waals surface area contributed by atoms with Gasteiger partial charge < -0.3 is 20.0 Å². The molecule has 0 saturated carbocycles. The third-order valence-electron chi connectivity index (χ3n) is 3.06. The van der Waals surface area contributed by atoms with Gasteiger partial charge in [-0.2, -0.15) is 0 Å². The molecule has 2 heterocycles. The van der Waals surface area contributed by atoms with Gasteiger partial charge in [0.1, 0.15) is 0 Å². The Kier molecular flexibility index (Phi) is 4.83. The van der Waals surface area contributed by atoms with Gasteiger partial charge in [0.25, 0.3) is 5.91 Å². The van der Waals surface area contributed by atoms with E-state index in [9.17, 15) is 4.79 Å². The van der Waals surface area contributed by atoms with Crippen LogP contribution in [-0.2, 0) is 0 Å². The predicted molar refractivity (Wildman–Crippen MR) is 73.2 cm³/mol. The van der Waals surface area contributed by atoms with E-state index in [1.165, 1.54) is 19.1 Å². The zero-order valence-electron chi connectivity index (χ0n) is 11.2. The van der Waals surface area contributed by atoms with Gasteiger partial charge in [-0.25, -0.2) is 0 Å². The SMILES string of the molecule is CN=C(NCCNC(=O)c1ccco1)N1CCCC1. The summed E-state index contributed by atoms with van der Waals surface area (Å²) in [6.45, 7) is 3.29. The molecule has 1 fully saturated rings. The molecule has 1 saturated heterocycles. The lowest BCUT2D eigenvalue weighted by atomic mass is 10.4.